The van der Waals surface area contributed by atoms with E-state index in [9.17, 15) is 8.42 Å². The van der Waals surface area contributed by atoms with Gasteiger partial charge in [-0.1, -0.05) is 29.8 Å². The molecule has 0 saturated carbocycles. The molecule has 1 aromatic rings. The van der Waals surface area contributed by atoms with E-state index in [4.69, 9.17) is 5.14 Å². The van der Waals surface area contributed by atoms with Crippen molar-refractivity contribution in [2.45, 2.75) is 39.2 Å². The molecule has 1 atom stereocenters. The standard InChI is InChI=1S/C14H24N2O2S/c1-12-5-3-6-14(11-12)8-7-13(2)16-9-4-10-19(15,17)18/h3,5-6,11,13,16H,4,7-10H2,1-2H3,(H2,15,17,18). The quantitative estimate of drug-likeness (QED) is 0.712. The third-order valence-corrected chi connectivity index (χ3v) is 3.90. The summed E-state index contributed by atoms with van der Waals surface area (Å²) in [5.41, 5.74) is 2.63. The first-order valence-electron chi connectivity index (χ1n) is 6.66. The monoisotopic (exact) mass is 284 g/mol. The molecule has 1 rings (SSSR count). The minimum Gasteiger partial charge on any atom is -0.314 e. The number of rotatable bonds is 8. The molecule has 0 bridgehead atoms. The van der Waals surface area contributed by atoms with Gasteiger partial charge in [-0.05, 0) is 45.2 Å². The van der Waals surface area contributed by atoms with Gasteiger partial charge >= 0.3 is 0 Å². The molecule has 0 aromatic heterocycles. The Morgan fingerprint density at radius 2 is 2.11 bits per heavy atom. The van der Waals surface area contributed by atoms with Crippen LogP contribution >= 0.6 is 0 Å². The first-order chi connectivity index (χ1) is 8.87. The number of nitrogens with two attached hydrogens (primary N) is 1. The van der Waals surface area contributed by atoms with Crippen LogP contribution in [0, 0.1) is 6.92 Å². The Morgan fingerprint density at radius 3 is 2.74 bits per heavy atom. The van der Waals surface area contributed by atoms with Crippen molar-refractivity contribution in [3.63, 3.8) is 0 Å². The summed E-state index contributed by atoms with van der Waals surface area (Å²) in [7, 11) is -3.32. The fourth-order valence-electron chi connectivity index (χ4n) is 1.97. The number of hydrogen-bond donors (Lipinski definition) is 2. The molecule has 0 aliphatic rings. The third-order valence-electron chi connectivity index (χ3n) is 3.05. The van der Waals surface area contributed by atoms with Crippen LogP contribution in [0.15, 0.2) is 24.3 Å². The molecular formula is C14H24N2O2S. The fourth-order valence-corrected chi connectivity index (χ4v) is 2.52. The van der Waals surface area contributed by atoms with Gasteiger partial charge in [0.25, 0.3) is 0 Å². The highest BCUT2D eigenvalue weighted by Gasteiger charge is 2.04. The van der Waals surface area contributed by atoms with Crippen LogP contribution in [0.5, 0.6) is 0 Å². The van der Waals surface area contributed by atoms with Crippen molar-refractivity contribution in [1.82, 2.24) is 5.32 Å². The van der Waals surface area contributed by atoms with Crippen molar-refractivity contribution < 1.29 is 8.42 Å². The molecule has 1 aromatic carbocycles. The molecule has 19 heavy (non-hydrogen) atoms. The summed E-state index contributed by atoms with van der Waals surface area (Å²) >= 11 is 0. The van der Waals surface area contributed by atoms with Gasteiger partial charge < -0.3 is 5.32 Å². The van der Waals surface area contributed by atoms with E-state index >= 15 is 0 Å². The molecule has 0 radical (unpaired) electrons. The van der Waals surface area contributed by atoms with Gasteiger partial charge in [0, 0.05) is 6.04 Å². The van der Waals surface area contributed by atoms with E-state index in [1.807, 2.05) is 0 Å². The van der Waals surface area contributed by atoms with Crippen molar-refractivity contribution in [2.75, 3.05) is 12.3 Å². The zero-order chi connectivity index (χ0) is 14.3. The second-order valence-corrected chi connectivity index (χ2v) is 6.84. The molecule has 4 nitrogen and oxygen atoms in total. The normalized spacial score (nSPS) is 13.4. The van der Waals surface area contributed by atoms with Crippen LogP contribution in [0.2, 0.25) is 0 Å². The van der Waals surface area contributed by atoms with Crippen LogP contribution in [0.4, 0.5) is 0 Å². The van der Waals surface area contributed by atoms with Crippen LogP contribution < -0.4 is 10.5 Å². The summed E-state index contributed by atoms with van der Waals surface area (Å²) in [6.45, 7) is 4.90. The lowest BCUT2D eigenvalue weighted by atomic mass is 10.0. The highest BCUT2D eigenvalue weighted by atomic mass is 32.2. The van der Waals surface area contributed by atoms with Gasteiger partial charge in [0.2, 0.25) is 10.0 Å². The molecule has 0 aliphatic heterocycles. The SMILES string of the molecule is Cc1cccc(CCC(C)NCCCS(N)(=O)=O)c1. The summed E-state index contributed by atoms with van der Waals surface area (Å²) in [5.74, 6) is 0.0462. The summed E-state index contributed by atoms with van der Waals surface area (Å²) in [6.07, 6.45) is 2.64. The lowest BCUT2D eigenvalue weighted by molar-refractivity contribution is 0.511. The first-order valence-corrected chi connectivity index (χ1v) is 8.38. The van der Waals surface area contributed by atoms with Crippen LogP contribution in [0.3, 0.4) is 0 Å². The lowest BCUT2D eigenvalue weighted by Gasteiger charge is -2.13. The zero-order valence-electron chi connectivity index (χ0n) is 11.7. The van der Waals surface area contributed by atoms with Gasteiger partial charge in [-0.15, -0.1) is 0 Å². The predicted molar refractivity (Wildman–Crippen MR) is 79.6 cm³/mol. The molecule has 1 unspecified atom stereocenters. The average molecular weight is 284 g/mol. The maximum atomic E-state index is 10.8. The van der Waals surface area contributed by atoms with E-state index in [1.165, 1.54) is 11.1 Å². The van der Waals surface area contributed by atoms with Crippen molar-refractivity contribution >= 4 is 10.0 Å². The Kier molecular flexibility index (Phi) is 6.48. The molecule has 0 heterocycles. The number of nitrogens with one attached hydrogen (secondary N) is 1. The second kappa shape index (κ2) is 7.62. The topological polar surface area (TPSA) is 72.2 Å². The Hall–Kier alpha value is -0.910. The average Bonchev–Trinajstić information content (AvgIpc) is 2.31. The van der Waals surface area contributed by atoms with Crippen LogP contribution in [-0.2, 0) is 16.4 Å². The number of aryl methyl sites for hydroxylation is 2. The highest BCUT2D eigenvalue weighted by Crippen LogP contribution is 2.08. The first kappa shape index (κ1) is 16.1. The number of primary sulfonamides is 1. The Bertz CT molecular complexity index is 486. The maximum Gasteiger partial charge on any atom is 0.209 e. The van der Waals surface area contributed by atoms with E-state index in [2.05, 4.69) is 43.4 Å². The minimum atomic E-state index is -3.32. The predicted octanol–water partition coefficient (Wildman–Crippen LogP) is 1.58. The summed E-state index contributed by atoms with van der Waals surface area (Å²) in [4.78, 5) is 0. The Morgan fingerprint density at radius 1 is 1.37 bits per heavy atom. The lowest BCUT2D eigenvalue weighted by Crippen LogP contribution is -2.29. The van der Waals surface area contributed by atoms with E-state index in [0.29, 0.717) is 19.0 Å². The maximum absolute atomic E-state index is 10.8. The van der Waals surface area contributed by atoms with Gasteiger partial charge in [-0.2, -0.15) is 0 Å². The summed E-state index contributed by atoms with van der Waals surface area (Å²) < 4.78 is 21.5. The van der Waals surface area contributed by atoms with Crippen molar-refractivity contribution in [2.24, 2.45) is 5.14 Å². The molecule has 0 aliphatic carbocycles. The van der Waals surface area contributed by atoms with E-state index in [0.717, 1.165) is 12.8 Å². The van der Waals surface area contributed by atoms with E-state index < -0.39 is 10.0 Å². The second-order valence-electron chi connectivity index (χ2n) is 5.10. The number of sulfonamides is 1. The minimum absolute atomic E-state index is 0.0462. The van der Waals surface area contributed by atoms with Crippen molar-refractivity contribution in [3.05, 3.63) is 35.4 Å². The molecule has 3 N–H and O–H groups in total. The molecule has 5 heteroatoms. The zero-order valence-corrected chi connectivity index (χ0v) is 12.5. The molecule has 0 saturated heterocycles. The summed E-state index contributed by atoms with van der Waals surface area (Å²) in [5, 5.41) is 8.27. The van der Waals surface area contributed by atoms with Crippen molar-refractivity contribution in [1.29, 1.82) is 0 Å². The Labute approximate surface area is 116 Å². The number of benzene rings is 1. The fraction of sp³-hybridized carbons (Fsp3) is 0.571. The van der Waals surface area contributed by atoms with E-state index in [1.54, 1.807) is 0 Å². The van der Waals surface area contributed by atoms with Gasteiger partial charge in [0.1, 0.15) is 0 Å². The molecule has 108 valence electrons. The van der Waals surface area contributed by atoms with Crippen molar-refractivity contribution in [3.8, 4) is 0 Å². The van der Waals surface area contributed by atoms with Crippen LogP contribution in [0.1, 0.15) is 30.9 Å². The number of hydrogen-bond acceptors (Lipinski definition) is 3. The van der Waals surface area contributed by atoms with Crippen LogP contribution in [-0.4, -0.2) is 26.8 Å². The summed E-state index contributed by atoms with van der Waals surface area (Å²) in [6, 6.07) is 8.89. The molecular weight excluding hydrogens is 260 g/mol. The highest BCUT2D eigenvalue weighted by molar-refractivity contribution is 7.89. The third kappa shape index (κ3) is 7.97. The van der Waals surface area contributed by atoms with Gasteiger partial charge in [0.05, 0.1) is 5.75 Å². The van der Waals surface area contributed by atoms with Gasteiger partial charge in [0.15, 0.2) is 0 Å². The molecule has 0 fully saturated rings. The van der Waals surface area contributed by atoms with Gasteiger partial charge in [-0.3, -0.25) is 0 Å². The van der Waals surface area contributed by atoms with Gasteiger partial charge in [-0.25, -0.2) is 13.6 Å². The Balaban J connectivity index is 2.19. The van der Waals surface area contributed by atoms with E-state index in [-0.39, 0.29) is 5.75 Å². The molecule has 0 spiro atoms. The van der Waals surface area contributed by atoms with Crippen LogP contribution in [0.25, 0.3) is 0 Å². The molecule has 0 amide bonds. The smallest absolute Gasteiger partial charge is 0.209 e. The largest absolute Gasteiger partial charge is 0.314 e.